The number of fused-ring (bicyclic) bond motifs is 1. The Morgan fingerprint density at radius 1 is 1.19 bits per heavy atom. The van der Waals surface area contributed by atoms with Crippen molar-refractivity contribution in [1.29, 1.82) is 0 Å². The Morgan fingerprint density at radius 2 is 1.88 bits per heavy atom. The highest BCUT2D eigenvalue weighted by Crippen LogP contribution is 2.29. The molecule has 2 heteroatoms. The molecule has 0 saturated carbocycles. The fraction of sp³-hybridized carbons (Fsp3) is 0.500. The van der Waals surface area contributed by atoms with Crippen molar-refractivity contribution < 1.29 is 0 Å². The van der Waals surface area contributed by atoms with E-state index in [-0.39, 0.29) is 0 Å². The molecule has 0 aromatic heterocycles. The number of aryl methyl sites for hydroxylation is 1. The van der Waals surface area contributed by atoms with Crippen LogP contribution in [0.2, 0.25) is 5.02 Å². The number of hydrogen-bond donors (Lipinski definition) is 0. The predicted octanol–water partition coefficient (Wildman–Crippen LogP) is 5.04. The quantitative estimate of drug-likeness (QED) is 0.649. The molecule has 0 amide bonds. The Bertz CT molecular complexity index is 380. The monoisotopic (exact) mass is 237 g/mol. The zero-order valence-electron chi connectivity index (χ0n) is 10.5. The van der Waals surface area contributed by atoms with Gasteiger partial charge in [-0.05, 0) is 42.5 Å². The van der Waals surface area contributed by atoms with Crippen molar-refractivity contribution in [2.45, 2.75) is 40.5 Å². The topological polar surface area (TPSA) is 12.4 Å². The first-order valence-electron chi connectivity index (χ1n) is 6.02. The summed E-state index contributed by atoms with van der Waals surface area (Å²) in [5.41, 5.74) is 3.69. The molecule has 2 rings (SSSR count). The molecule has 0 spiro atoms. The van der Waals surface area contributed by atoms with Gasteiger partial charge in [0.2, 0.25) is 0 Å². The first-order valence-corrected chi connectivity index (χ1v) is 6.40. The van der Waals surface area contributed by atoms with Gasteiger partial charge in [-0.15, -0.1) is 0 Å². The third kappa shape index (κ3) is 3.08. The lowest BCUT2D eigenvalue weighted by atomic mass is 9.96. The lowest BCUT2D eigenvalue weighted by Gasteiger charge is -2.17. The molecule has 1 aliphatic rings. The number of halogens is 1. The molecule has 0 atom stereocenters. The van der Waals surface area contributed by atoms with E-state index < -0.39 is 0 Å². The summed E-state index contributed by atoms with van der Waals surface area (Å²) in [6.07, 6.45) is 2.15. The van der Waals surface area contributed by atoms with Crippen LogP contribution in [0.15, 0.2) is 23.2 Å². The Balaban J connectivity index is 0.000000606. The van der Waals surface area contributed by atoms with Crippen molar-refractivity contribution in [3.05, 3.63) is 28.8 Å². The van der Waals surface area contributed by atoms with E-state index in [4.69, 9.17) is 11.6 Å². The van der Waals surface area contributed by atoms with Gasteiger partial charge in [0, 0.05) is 10.7 Å². The maximum Gasteiger partial charge on any atom is 0.0662 e. The second-order valence-electron chi connectivity index (χ2n) is 4.03. The van der Waals surface area contributed by atoms with E-state index in [1.54, 1.807) is 0 Å². The molecule has 0 unspecified atom stereocenters. The molecular weight excluding hydrogens is 218 g/mol. The molecule has 1 nitrogen and oxygen atoms in total. The van der Waals surface area contributed by atoms with Crippen LogP contribution in [0.25, 0.3) is 0 Å². The van der Waals surface area contributed by atoms with E-state index in [1.165, 1.54) is 11.3 Å². The summed E-state index contributed by atoms with van der Waals surface area (Å²) in [7, 11) is 0. The van der Waals surface area contributed by atoms with E-state index >= 15 is 0 Å². The molecule has 0 aliphatic carbocycles. The second-order valence-corrected chi connectivity index (χ2v) is 4.47. The third-order valence-electron chi connectivity index (χ3n) is 2.62. The summed E-state index contributed by atoms with van der Waals surface area (Å²) in [5.74, 6) is 0.554. The summed E-state index contributed by atoms with van der Waals surface area (Å²) in [6.45, 7) is 8.39. The van der Waals surface area contributed by atoms with Crippen molar-refractivity contribution in [1.82, 2.24) is 0 Å². The SMILES string of the molecule is CC.CC(C)C1=Nc2ccc(Cl)cc2CC1. The van der Waals surface area contributed by atoms with E-state index in [0.29, 0.717) is 5.92 Å². The summed E-state index contributed by atoms with van der Waals surface area (Å²) in [4.78, 5) is 4.64. The molecule has 1 aromatic rings. The van der Waals surface area contributed by atoms with Crippen LogP contribution in [0.3, 0.4) is 0 Å². The molecule has 0 bridgehead atoms. The molecule has 88 valence electrons. The van der Waals surface area contributed by atoms with E-state index in [0.717, 1.165) is 23.6 Å². The molecule has 1 heterocycles. The number of nitrogens with zero attached hydrogens (tertiary/aromatic N) is 1. The average Bonchev–Trinajstić information content (AvgIpc) is 2.30. The van der Waals surface area contributed by atoms with Crippen LogP contribution in [0.5, 0.6) is 0 Å². The first-order chi connectivity index (χ1) is 7.66. The highest BCUT2D eigenvalue weighted by molar-refractivity contribution is 6.30. The molecule has 16 heavy (non-hydrogen) atoms. The molecule has 0 N–H and O–H groups in total. The number of aliphatic imine (C=N–C) groups is 1. The Labute approximate surface area is 104 Å². The lowest BCUT2D eigenvalue weighted by molar-refractivity contribution is 0.826. The van der Waals surface area contributed by atoms with Crippen molar-refractivity contribution in [3.63, 3.8) is 0 Å². The highest BCUT2D eigenvalue weighted by atomic mass is 35.5. The van der Waals surface area contributed by atoms with Crippen LogP contribution < -0.4 is 0 Å². The predicted molar refractivity (Wildman–Crippen MR) is 73.1 cm³/mol. The van der Waals surface area contributed by atoms with Crippen LogP contribution in [-0.2, 0) is 6.42 Å². The Hall–Kier alpha value is -0.820. The fourth-order valence-electron chi connectivity index (χ4n) is 1.75. The van der Waals surface area contributed by atoms with E-state index in [2.05, 4.69) is 18.8 Å². The highest BCUT2D eigenvalue weighted by Gasteiger charge is 2.14. The van der Waals surface area contributed by atoms with Crippen molar-refractivity contribution >= 4 is 23.0 Å². The van der Waals surface area contributed by atoms with Crippen molar-refractivity contribution in [2.75, 3.05) is 0 Å². The van der Waals surface area contributed by atoms with Gasteiger partial charge in [-0.2, -0.15) is 0 Å². The molecular formula is C14H20ClN. The number of hydrogen-bond acceptors (Lipinski definition) is 1. The van der Waals surface area contributed by atoms with Gasteiger partial charge in [-0.3, -0.25) is 4.99 Å². The van der Waals surface area contributed by atoms with Crippen LogP contribution in [0.4, 0.5) is 5.69 Å². The minimum atomic E-state index is 0.554. The minimum Gasteiger partial charge on any atom is -0.257 e. The summed E-state index contributed by atoms with van der Waals surface area (Å²) < 4.78 is 0. The largest absolute Gasteiger partial charge is 0.257 e. The zero-order valence-corrected chi connectivity index (χ0v) is 11.3. The summed E-state index contributed by atoms with van der Waals surface area (Å²) >= 11 is 5.93. The van der Waals surface area contributed by atoms with Crippen molar-refractivity contribution in [3.8, 4) is 0 Å². The van der Waals surface area contributed by atoms with Gasteiger partial charge in [-0.25, -0.2) is 0 Å². The molecule has 0 radical (unpaired) electrons. The Kier molecular flexibility index (Phi) is 5.01. The van der Waals surface area contributed by atoms with Crippen LogP contribution in [0, 0.1) is 5.92 Å². The minimum absolute atomic E-state index is 0.554. The number of benzene rings is 1. The zero-order chi connectivity index (χ0) is 12.1. The van der Waals surface area contributed by atoms with Gasteiger partial charge < -0.3 is 0 Å². The normalized spacial score (nSPS) is 13.8. The van der Waals surface area contributed by atoms with Crippen LogP contribution >= 0.6 is 11.6 Å². The van der Waals surface area contributed by atoms with Crippen molar-refractivity contribution in [2.24, 2.45) is 10.9 Å². The summed E-state index contributed by atoms with van der Waals surface area (Å²) in [6, 6.07) is 5.95. The molecule has 1 aromatic carbocycles. The molecule has 0 saturated heterocycles. The van der Waals surface area contributed by atoms with Crippen LogP contribution in [-0.4, -0.2) is 5.71 Å². The van der Waals surface area contributed by atoms with Gasteiger partial charge in [0.05, 0.1) is 5.69 Å². The van der Waals surface area contributed by atoms with Crippen LogP contribution in [0.1, 0.15) is 39.7 Å². The van der Waals surface area contributed by atoms with E-state index in [9.17, 15) is 0 Å². The third-order valence-corrected chi connectivity index (χ3v) is 2.86. The van der Waals surface area contributed by atoms with Gasteiger partial charge in [-0.1, -0.05) is 39.3 Å². The summed E-state index contributed by atoms with van der Waals surface area (Å²) in [5, 5.41) is 0.812. The maximum atomic E-state index is 5.93. The molecule has 1 aliphatic heterocycles. The van der Waals surface area contributed by atoms with Gasteiger partial charge in [0.1, 0.15) is 0 Å². The standard InChI is InChI=1S/C12H14ClN.C2H6/c1-8(2)11-5-3-9-7-10(13)4-6-12(9)14-11;1-2/h4,6-8H,3,5H2,1-2H3;1-2H3. The van der Waals surface area contributed by atoms with Gasteiger partial charge in [0.15, 0.2) is 0 Å². The fourth-order valence-corrected chi connectivity index (χ4v) is 1.95. The van der Waals surface area contributed by atoms with E-state index in [1.807, 2.05) is 32.0 Å². The molecule has 0 fully saturated rings. The van der Waals surface area contributed by atoms with Gasteiger partial charge in [0.25, 0.3) is 0 Å². The Morgan fingerprint density at radius 3 is 2.50 bits per heavy atom. The maximum absolute atomic E-state index is 5.93. The number of rotatable bonds is 1. The lowest BCUT2D eigenvalue weighted by Crippen LogP contribution is -2.12. The average molecular weight is 238 g/mol. The second kappa shape index (κ2) is 6.05. The smallest absolute Gasteiger partial charge is 0.0662 e. The van der Waals surface area contributed by atoms with Gasteiger partial charge >= 0.3 is 0 Å². The first kappa shape index (κ1) is 13.2.